The molecule has 2 heterocycles. The summed E-state index contributed by atoms with van der Waals surface area (Å²) >= 11 is 6.28. The number of carbonyl (C=O) groups is 1. The summed E-state index contributed by atoms with van der Waals surface area (Å²) in [5.41, 5.74) is -0.0690. The lowest BCUT2D eigenvalue weighted by Crippen LogP contribution is -2.58. The summed E-state index contributed by atoms with van der Waals surface area (Å²) in [4.78, 5) is 27.7. The van der Waals surface area contributed by atoms with Gasteiger partial charge in [0.2, 0.25) is 11.9 Å². The van der Waals surface area contributed by atoms with Crippen molar-refractivity contribution in [1.82, 2.24) is 19.8 Å². The zero-order valence-electron chi connectivity index (χ0n) is 24.1. The topological polar surface area (TPSA) is 108 Å². The lowest BCUT2D eigenvalue weighted by Gasteiger charge is -2.48. The van der Waals surface area contributed by atoms with Gasteiger partial charge in [0.05, 0.1) is 21.7 Å². The van der Waals surface area contributed by atoms with Gasteiger partial charge in [-0.25, -0.2) is 13.4 Å². The number of anilines is 2. The zero-order chi connectivity index (χ0) is 29.4. The molecule has 220 valence electrons. The Labute approximate surface area is 247 Å². The van der Waals surface area contributed by atoms with Crippen molar-refractivity contribution in [3.63, 3.8) is 0 Å². The van der Waals surface area contributed by atoms with Crippen LogP contribution in [0.4, 0.5) is 11.8 Å². The maximum atomic E-state index is 14.1. The highest BCUT2D eigenvalue weighted by molar-refractivity contribution is 7.91. The number of nitrogens with one attached hydrogen (secondary N) is 2. The molecule has 1 unspecified atom stereocenters. The summed E-state index contributed by atoms with van der Waals surface area (Å²) < 4.78 is 27.4. The fourth-order valence-electron chi connectivity index (χ4n) is 6.30. The molecular weight excluding hydrogens is 560 g/mol. The molecule has 41 heavy (non-hydrogen) atoms. The van der Waals surface area contributed by atoms with Gasteiger partial charge in [-0.1, -0.05) is 29.8 Å². The van der Waals surface area contributed by atoms with E-state index in [-0.39, 0.29) is 11.7 Å². The van der Waals surface area contributed by atoms with Crippen LogP contribution in [0.1, 0.15) is 46.0 Å². The highest BCUT2D eigenvalue weighted by atomic mass is 35.5. The van der Waals surface area contributed by atoms with E-state index < -0.39 is 21.4 Å². The van der Waals surface area contributed by atoms with Crippen molar-refractivity contribution in [3.05, 3.63) is 53.6 Å². The lowest BCUT2D eigenvalue weighted by atomic mass is 9.78. The van der Waals surface area contributed by atoms with Gasteiger partial charge in [-0.3, -0.25) is 4.79 Å². The average molecular weight is 599 g/mol. The number of nitrogens with zero attached hydrogens (tertiary/aromatic N) is 4. The Bertz CT molecular complexity index is 1510. The number of hydrogen-bond acceptors (Lipinski definition) is 8. The molecule has 0 spiro atoms. The number of rotatable bonds is 9. The van der Waals surface area contributed by atoms with Crippen molar-refractivity contribution >= 4 is 50.0 Å². The molecule has 0 radical (unpaired) electrons. The molecule has 0 bridgehead atoms. The van der Waals surface area contributed by atoms with Gasteiger partial charge in [-0.05, 0) is 83.3 Å². The molecule has 1 saturated heterocycles. The van der Waals surface area contributed by atoms with Crippen LogP contribution < -0.4 is 10.6 Å². The van der Waals surface area contributed by atoms with Gasteiger partial charge >= 0.3 is 0 Å². The molecule has 1 aliphatic heterocycles. The predicted molar refractivity (Wildman–Crippen MR) is 164 cm³/mol. The Balaban J connectivity index is 1.44. The summed E-state index contributed by atoms with van der Waals surface area (Å²) in [5.74, 6) is 0.776. The van der Waals surface area contributed by atoms with Gasteiger partial charge < -0.3 is 20.4 Å². The fourth-order valence-corrected chi connectivity index (χ4v) is 8.36. The van der Waals surface area contributed by atoms with Crippen LogP contribution in [0.25, 0.3) is 10.9 Å². The van der Waals surface area contributed by atoms with E-state index in [0.29, 0.717) is 65.1 Å². The predicted octanol–water partition coefficient (Wildman–Crippen LogP) is 4.83. The number of carbonyl (C=O) groups excluding carboxylic acids is 1. The molecule has 2 aromatic carbocycles. The van der Waals surface area contributed by atoms with E-state index in [9.17, 15) is 13.2 Å². The molecule has 1 saturated carbocycles. The summed E-state index contributed by atoms with van der Waals surface area (Å²) in [6, 6.07) is 14.2. The number of aromatic nitrogens is 2. The van der Waals surface area contributed by atoms with E-state index in [1.54, 1.807) is 43.4 Å². The van der Waals surface area contributed by atoms with Gasteiger partial charge in [0.1, 0.15) is 11.9 Å². The number of fused-ring (bicyclic) bond motifs is 1. The van der Waals surface area contributed by atoms with Gasteiger partial charge in [0.25, 0.3) is 0 Å². The monoisotopic (exact) mass is 598 g/mol. The minimum atomic E-state index is -3.62. The number of hydrogen-bond donors (Lipinski definition) is 2. The van der Waals surface area contributed by atoms with E-state index in [2.05, 4.69) is 46.4 Å². The summed E-state index contributed by atoms with van der Waals surface area (Å²) in [6.45, 7) is 4.82. The summed E-state index contributed by atoms with van der Waals surface area (Å²) in [5, 5.41) is 7.61. The Morgan fingerprint density at radius 3 is 2.46 bits per heavy atom. The van der Waals surface area contributed by atoms with Crippen molar-refractivity contribution in [3.8, 4) is 0 Å². The Kier molecular flexibility index (Phi) is 8.46. The molecular formula is C30H39ClN6O3S. The molecule has 1 aliphatic carbocycles. The first-order valence-corrected chi connectivity index (χ1v) is 16.3. The molecule has 2 aliphatic rings. The largest absolute Gasteiger partial charge is 0.358 e. The first-order chi connectivity index (χ1) is 19.5. The van der Waals surface area contributed by atoms with E-state index in [1.165, 1.54) is 0 Å². The molecule has 1 amide bonds. The summed E-state index contributed by atoms with van der Waals surface area (Å²) in [7, 11) is 0.246. The molecule has 9 nitrogen and oxygen atoms in total. The molecule has 3 aromatic rings. The number of likely N-dealkylation sites (tertiary alicyclic amines) is 1. The molecule has 2 N–H and O–H groups in total. The quantitative estimate of drug-likeness (QED) is 0.361. The third-order valence-corrected chi connectivity index (χ3v) is 11.0. The maximum Gasteiger partial charge on any atom is 0.245 e. The van der Waals surface area contributed by atoms with Gasteiger partial charge in [-0.2, -0.15) is 4.98 Å². The fraction of sp³-hybridized carbons (Fsp3) is 0.500. The van der Waals surface area contributed by atoms with Crippen LogP contribution in [0, 0.1) is 0 Å². The van der Waals surface area contributed by atoms with Crippen molar-refractivity contribution in [1.29, 1.82) is 0 Å². The van der Waals surface area contributed by atoms with Gasteiger partial charge in [-0.15, -0.1) is 0 Å². The molecule has 2 fully saturated rings. The first kappa shape index (κ1) is 29.5. The number of halogens is 1. The number of sulfone groups is 1. The second kappa shape index (κ2) is 11.7. The van der Waals surface area contributed by atoms with Gasteiger partial charge in [0.15, 0.2) is 9.84 Å². The normalized spacial score (nSPS) is 23.5. The third kappa shape index (κ3) is 6.01. The van der Waals surface area contributed by atoms with Gasteiger partial charge in [0, 0.05) is 36.1 Å². The highest BCUT2D eigenvalue weighted by Crippen LogP contribution is 2.41. The second-order valence-electron chi connectivity index (χ2n) is 11.6. The van der Waals surface area contributed by atoms with Crippen LogP contribution in [0.3, 0.4) is 0 Å². The standard InChI is InChI=1S/C30H39ClN6O3S/c1-20(2)36(4)22-12-15-30(16-13-22,19-41(39,40)23-8-6-5-7-9-23)37-17-14-26(28(37)38)33-27-24-18-21(31)10-11-25(24)34-29(32-3)35-27/h5-11,18,20,22,26H,12-17,19H2,1-4H3,(H2,32,33,34,35). The third-order valence-electron chi connectivity index (χ3n) is 8.81. The summed E-state index contributed by atoms with van der Waals surface area (Å²) in [6.07, 6.45) is 3.48. The first-order valence-electron chi connectivity index (χ1n) is 14.3. The van der Waals surface area contributed by atoms with Crippen LogP contribution in [0.5, 0.6) is 0 Å². The van der Waals surface area contributed by atoms with E-state index in [1.807, 2.05) is 17.0 Å². The number of amides is 1. The zero-order valence-corrected chi connectivity index (χ0v) is 25.7. The highest BCUT2D eigenvalue weighted by Gasteiger charge is 2.50. The maximum absolute atomic E-state index is 14.1. The van der Waals surface area contributed by atoms with Crippen LogP contribution in [0.15, 0.2) is 53.4 Å². The van der Waals surface area contributed by atoms with Crippen molar-refractivity contribution < 1.29 is 13.2 Å². The van der Waals surface area contributed by atoms with Crippen LogP contribution in [-0.4, -0.2) is 84.2 Å². The lowest BCUT2D eigenvalue weighted by molar-refractivity contribution is -0.134. The minimum Gasteiger partial charge on any atom is -0.358 e. The van der Waals surface area contributed by atoms with E-state index in [0.717, 1.165) is 18.2 Å². The van der Waals surface area contributed by atoms with Crippen molar-refractivity contribution in [2.45, 2.75) is 74.5 Å². The van der Waals surface area contributed by atoms with Crippen LogP contribution in [0.2, 0.25) is 5.02 Å². The second-order valence-corrected chi connectivity index (χ2v) is 14.0. The Morgan fingerprint density at radius 2 is 1.80 bits per heavy atom. The van der Waals surface area contributed by atoms with E-state index in [4.69, 9.17) is 11.6 Å². The molecule has 11 heteroatoms. The van der Waals surface area contributed by atoms with Crippen LogP contribution >= 0.6 is 11.6 Å². The average Bonchev–Trinajstić information content (AvgIpc) is 3.33. The Morgan fingerprint density at radius 1 is 1.10 bits per heavy atom. The minimum absolute atomic E-state index is 0.0868. The van der Waals surface area contributed by atoms with E-state index >= 15 is 0 Å². The Hall–Kier alpha value is -2.95. The van der Waals surface area contributed by atoms with Crippen molar-refractivity contribution in [2.24, 2.45) is 0 Å². The SMILES string of the molecule is CNc1nc(NC2CCN(C3(CS(=O)(=O)c4ccccc4)CCC(N(C)C(C)C)CC3)C2=O)c2cc(Cl)ccc2n1. The smallest absolute Gasteiger partial charge is 0.245 e. The molecule has 1 aromatic heterocycles. The van der Waals surface area contributed by atoms with Crippen LogP contribution in [-0.2, 0) is 14.6 Å². The molecule has 1 atom stereocenters. The molecule has 5 rings (SSSR count). The van der Waals surface area contributed by atoms with Crippen molar-refractivity contribution in [2.75, 3.05) is 37.0 Å². The number of benzene rings is 2.